The first-order valence-electron chi connectivity index (χ1n) is 20.4. The molecule has 0 aliphatic carbocycles. The van der Waals surface area contributed by atoms with Gasteiger partial charge in [-0.1, -0.05) is 108 Å². The minimum absolute atomic E-state index is 0.0206. The molecule has 0 atom stereocenters. The van der Waals surface area contributed by atoms with Crippen molar-refractivity contribution in [2.75, 3.05) is 4.81 Å². The summed E-state index contributed by atoms with van der Waals surface area (Å²) in [4.78, 5) is 2.61. The molecule has 2 aliphatic heterocycles. The number of rotatable bonds is 1. The van der Waals surface area contributed by atoms with Gasteiger partial charge in [0.05, 0.1) is 16.7 Å². The van der Waals surface area contributed by atoms with E-state index >= 15 is 0 Å². The molecule has 6 heterocycles. The molecule has 58 heavy (non-hydrogen) atoms. The average Bonchev–Trinajstić information content (AvgIpc) is 3.96. The normalized spacial score (nSPS) is 14.0. The largest absolute Gasteiger partial charge is 0.466 e. The van der Waals surface area contributed by atoms with E-state index in [9.17, 15) is 0 Å². The zero-order chi connectivity index (χ0) is 39.0. The van der Waals surface area contributed by atoms with E-state index in [4.69, 9.17) is 4.42 Å². The molecule has 0 N–H and O–H groups in total. The second-order valence-electron chi connectivity index (χ2n) is 18.5. The van der Waals surface area contributed by atoms with Crippen LogP contribution >= 0.6 is 22.7 Å². The van der Waals surface area contributed by atoms with Crippen molar-refractivity contribution < 1.29 is 4.42 Å². The summed E-state index contributed by atoms with van der Waals surface area (Å²) in [5, 5.41) is 8.99. The lowest BCUT2D eigenvalue weighted by molar-refractivity contribution is 0.590. The molecule has 278 valence electrons. The van der Waals surface area contributed by atoms with E-state index in [1.54, 1.807) is 0 Å². The van der Waals surface area contributed by atoms with Gasteiger partial charge in [0.15, 0.2) is 0 Å². The molecule has 4 aromatic heterocycles. The smallest absolute Gasteiger partial charge is 0.375 e. The highest BCUT2D eigenvalue weighted by atomic mass is 32.1. The Morgan fingerprint density at radius 1 is 0.517 bits per heavy atom. The molecule has 0 saturated carbocycles. The van der Waals surface area contributed by atoms with Gasteiger partial charge in [-0.15, -0.1) is 22.7 Å². The maximum absolute atomic E-state index is 7.33. The average molecular weight is 783 g/mol. The number of anilines is 2. The zero-order valence-corrected chi connectivity index (χ0v) is 35.0. The van der Waals surface area contributed by atoms with Crippen LogP contribution in [0.3, 0.4) is 0 Å². The highest BCUT2D eigenvalue weighted by Gasteiger charge is 2.47. The maximum atomic E-state index is 7.33. The maximum Gasteiger partial charge on any atom is 0.375 e. The number of hydrogen-bond donors (Lipinski definition) is 0. The lowest BCUT2D eigenvalue weighted by Gasteiger charge is -2.40. The number of thiophene rings is 2. The van der Waals surface area contributed by atoms with Crippen LogP contribution in [0.4, 0.5) is 11.4 Å². The molecule has 0 spiro atoms. The Bertz CT molecular complexity index is 3600. The second-order valence-corrected chi connectivity index (χ2v) is 20.7. The van der Waals surface area contributed by atoms with Crippen molar-refractivity contribution in [1.29, 1.82) is 0 Å². The molecule has 11 aromatic rings. The quantitative estimate of drug-likeness (QED) is 0.155. The van der Waals surface area contributed by atoms with Gasteiger partial charge in [0.25, 0.3) is 0 Å². The van der Waals surface area contributed by atoms with Gasteiger partial charge in [-0.25, -0.2) is 0 Å². The standard InChI is InChI=1S/C52H39BN2OS2/c1-51(2,3)28-15-18-30(19-16-28)55-41-25-38-32-12-8-10-14-44(32)57-45(38)26-35(41)33-20-21-34-36-27-46-37(31-11-7-9-13-43(31)58-46)24-40(36)54-48(34)47(33)53(55)50-49(54)39-23-29(52(4,5)6)17-22-42(39)56-50/h7-27H,1-6H3. The van der Waals surface area contributed by atoms with Gasteiger partial charge < -0.3 is 13.8 Å². The van der Waals surface area contributed by atoms with Crippen LogP contribution in [-0.2, 0) is 10.8 Å². The number of furan rings is 1. The third-order valence-electron chi connectivity index (χ3n) is 13.1. The summed E-state index contributed by atoms with van der Waals surface area (Å²) < 4.78 is 15.2. The Labute approximate surface area is 344 Å². The number of aromatic nitrogens is 1. The third-order valence-corrected chi connectivity index (χ3v) is 15.3. The molecule has 0 radical (unpaired) electrons. The van der Waals surface area contributed by atoms with Gasteiger partial charge in [-0.05, 0) is 93.6 Å². The van der Waals surface area contributed by atoms with Gasteiger partial charge in [-0.3, -0.25) is 0 Å². The summed E-state index contributed by atoms with van der Waals surface area (Å²) in [6, 6.07) is 48.6. The fraction of sp³-hybridized carbons (Fsp3) is 0.154. The molecule has 7 aromatic carbocycles. The number of benzene rings is 7. The minimum Gasteiger partial charge on any atom is -0.466 e. The van der Waals surface area contributed by atoms with Crippen LogP contribution in [0, 0.1) is 0 Å². The van der Waals surface area contributed by atoms with E-state index in [0.29, 0.717) is 0 Å². The summed E-state index contributed by atoms with van der Waals surface area (Å²) >= 11 is 3.79. The predicted molar refractivity (Wildman–Crippen MR) is 253 cm³/mol. The molecule has 0 saturated heterocycles. The highest BCUT2D eigenvalue weighted by molar-refractivity contribution is 7.26. The molecule has 13 rings (SSSR count). The Kier molecular flexibility index (Phi) is 6.30. The van der Waals surface area contributed by atoms with Crippen molar-refractivity contribution in [1.82, 2.24) is 4.57 Å². The lowest BCUT2D eigenvalue weighted by Crippen LogP contribution is -2.60. The Hall–Kier alpha value is -5.82. The predicted octanol–water partition coefficient (Wildman–Crippen LogP) is 14.1. The molecule has 0 bridgehead atoms. The fourth-order valence-corrected chi connectivity index (χ4v) is 12.4. The molecule has 6 heteroatoms. The molecule has 0 unspecified atom stereocenters. The van der Waals surface area contributed by atoms with Crippen molar-refractivity contribution in [3.63, 3.8) is 0 Å². The summed E-state index contributed by atoms with van der Waals surface area (Å²) in [5.41, 5.74) is 14.5. The van der Waals surface area contributed by atoms with Crippen LogP contribution < -0.4 is 15.9 Å². The zero-order valence-electron chi connectivity index (χ0n) is 33.3. The monoisotopic (exact) mass is 782 g/mol. The van der Waals surface area contributed by atoms with Crippen LogP contribution in [0.25, 0.3) is 89.9 Å². The number of nitrogens with zero attached hydrogens (tertiary/aromatic N) is 2. The van der Waals surface area contributed by atoms with Crippen molar-refractivity contribution in [2.24, 2.45) is 0 Å². The Balaban J connectivity index is 1.22. The number of hydrogen-bond acceptors (Lipinski definition) is 4. The Morgan fingerprint density at radius 2 is 1.17 bits per heavy atom. The van der Waals surface area contributed by atoms with E-state index in [1.807, 2.05) is 22.7 Å². The van der Waals surface area contributed by atoms with Crippen molar-refractivity contribution in [3.8, 4) is 16.8 Å². The summed E-state index contributed by atoms with van der Waals surface area (Å²) in [5.74, 6) is 0. The molecule has 3 nitrogen and oxygen atoms in total. The van der Waals surface area contributed by atoms with Crippen molar-refractivity contribution in [3.05, 3.63) is 139 Å². The Morgan fingerprint density at radius 3 is 1.88 bits per heavy atom. The topological polar surface area (TPSA) is 21.3 Å². The van der Waals surface area contributed by atoms with Crippen LogP contribution in [0.15, 0.2) is 132 Å². The van der Waals surface area contributed by atoms with E-state index in [2.05, 4.69) is 178 Å². The first-order valence-corrected chi connectivity index (χ1v) is 22.0. The number of fused-ring (bicyclic) bond motifs is 16. The van der Waals surface area contributed by atoms with E-state index in [1.165, 1.54) is 107 Å². The fourth-order valence-electron chi connectivity index (χ4n) is 10.2. The van der Waals surface area contributed by atoms with Gasteiger partial charge in [0.2, 0.25) is 0 Å². The van der Waals surface area contributed by atoms with Crippen LogP contribution in [0.5, 0.6) is 0 Å². The summed E-state index contributed by atoms with van der Waals surface area (Å²) in [6.45, 7) is 13.6. The van der Waals surface area contributed by atoms with Crippen molar-refractivity contribution in [2.45, 2.75) is 52.4 Å². The first-order chi connectivity index (χ1) is 28.0. The minimum atomic E-state index is -0.187. The van der Waals surface area contributed by atoms with Gasteiger partial charge in [-0.2, -0.15) is 0 Å². The second kappa shape index (κ2) is 11.0. The van der Waals surface area contributed by atoms with Crippen LogP contribution in [0.1, 0.15) is 52.7 Å². The summed E-state index contributed by atoms with van der Waals surface area (Å²) in [6.07, 6.45) is 0. The van der Waals surface area contributed by atoms with Crippen molar-refractivity contribution >= 4 is 125 Å². The van der Waals surface area contributed by atoms with Gasteiger partial charge in [0.1, 0.15) is 11.2 Å². The van der Waals surface area contributed by atoms with Crippen LogP contribution in [0.2, 0.25) is 0 Å². The first kappa shape index (κ1) is 33.2. The van der Waals surface area contributed by atoms with E-state index in [0.717, 1.165) is 16.9 Å². The SMILES string of the molecule is CC(C)(C)c1ccc(N2B3c4oc5ccc(C(C)(C)C)cc5c4-n4c5cc6c(cc5c5ccc(c3c54)-c3cc4sc5ccccc5c4cc32)sc2ccccc26)cc1. The van der Waals surface area contributed by atoms with E-state index < -0.39 is 0 Å². The lowest BCUT2D eigenvalue weighted by atomic mass is 9.46. The van der Waals surface area contributed by atoms with Crippen LogP contribution in [-0.4, -0.2) is 11.4 Å². The third kappa shape index (κ3) is 4.29. The summed E-state index contributed by atoms with van der Waals surface area (Å²) in [7, 11) is 0. The molecule has 0 amide bonds. The molecular weight excluding hydrogens is 744 g/mol. The molecule has 2 aliphatic rings. The highest BCUT2D eigenvalue weighted by Crippen LogP contribution is 2.50. The van der Waals surface area contributed by atoms with Gasteiger partial charge >= 0.3 is 6.85 Å². The van der Waals surface area contributed by atoms with E-state index in [-0.39, 0.29) is 17.7 Å². The molecule has 0 fully saturated rings. The molecular formula is C52H39BN2OS2. The van der Waals surface area contributed by atoms with Gasteiger partial charge in [0, 0.05) is 73.4 Å².